The van der Waals surface area contributed by atoms with E-state index in [-0.39, 0.29) is 0 Å². The van der Waals surface area contributed by atoms with Crippen LogP contribution < -0.4 is 0 Å². The Morgan fingerprint density at radius 1 is 0.684 bits per heavy atom. The Balaban J connectivity index is 2.83. The van der Waals surface area contributed by atoms with Gasteiger partial charge in [-0.3, -0.25) is 0 Å². The maximum absolute atomic E-state index is 13.6. The minimum Gasteiger partial charge on any atom is -0.206 e. The fraction of sp³-hybridized carbons (Fsp3) is 0. The largest absolute Gasteiger partial charge is 0.206 e. The first-order valence-corrected chi connectivity index (χ1v) is 5.89. The minimum absolute atomic E-state index is 0.419. The average Bonchev–Trinajstić information content (AvgIpc) is 2.37. The molecule has 0 fully saturated rings. The molecular formula is C12H3F6I. The van der Waals surface area contributed by atoms with E-state index in [1.54, 1.807) is 22.6 Å². The molecule has 0 nitrogen and oxygen atoms in total. The van der Waals surface area contributed by atoms with Gasteiger partial charge in [0, 0.05) is 9.13 Å². The third-order valence-electron chi connectivity index (χ3n) is 2.41. The van der Waals surface area contributed by atoms with Crippen LogP contribution in [-0.4, -0.2) is 0 Å². The van der Waals surface area contributed by atoms with Gasteiger partial charge in [-0.15, -0.1) is 0 Å². The van der Waals surface area contributed by atoms with Gasteiger partial charge in [0.25, 0.3) is 0 Å². The van der Waals surface area contributed by atoms with Crippen LogP contribution in [0.5, 0.6) is 0 Å². The number of benzene rings is 2. The predicted octanol–water partition coefficient (Wildman–Crippen LogP) is 4.79. The molecule has 0 aliphatic heterocycles. The first kappa shape index (κ1) is 14.2. The highest BCUT2D eigenvalue weighted by atomic mass is 127. The zero-order valence-corrected chi connectivity index (χ0v) is 11.0. The Morgan fingerprint density at radius 2 is 1.16 bits per heavy atom. The predicted molar refractivity (Wildman–Crippen MR) is 64.3 cm³/mol. The van der Waals surface area contributed by atoms with Crippen molar-refractivity contribution in [2.45, 2.75) is 0 Å². The lowest BCUT2D eigenvalue weighted by atomic mass is 10.0. The van der Waals surface area contributed by atoms with E-state index in [0.717, 1.165) is 12.1 Å². The quantitative estimate of drug-likeness (QED) is 0.285. The summed E-state index contributed by atoms with van der Waals surface area (Å²) >= 11 is 1.74. The molecule has 0 amide bonds. The van der Waals surface area contributed by atoms with Crippen LogP contribution in [0.3, 0.4) is 0 Å². The smallest absolute Gasteiger partial charge is 0.200 e. The number of rotatable bonds is 1. The van der Waals surface area contributed by atoms with E-state index < -0.39 is 46.0 Å². The van der Waals surface area contributed by atoms with Crippen LogP contribution in [0.4, 0.5) is 26.3 Å². The van der Waals surface area contributed by atoms with Crippen LogP contribution in [0.15, 0.2) is 18.2 Å². The Kier molecular flexibility index (Phi) is 3.75. The van der Waals surface area contributed by atoms with E-state index in [9.17, 15) is 26.3 Å². The molecule has 0 aliphatic rings. The molecule has 19 heavy (non-hydrogen) atoms. The number of hydrogen-bond donors (Lipinski definition) is 0. The molecule has 0 unspecified atom stereocenters. The molecule has 2 aromatic carbocycles. The highest BCUT2D eigenvalue weighted by Gasteiger charge is 2.27. The standard InChI is InChI=1S/C12H3F6I/c13-6-3-4(19)1-2-5(6)7-8(14)10(16)12(18)11(17)9(7)15/h1-3H. The SMILES string of the molecule is Fc1cc(I)ccc1-c1c(F)c(F)c(F)c(F)c1F. The molecule has 2 aromatic rings. The molecule has 0 bridgehead atoms. The van der Waals surface area contributed by atoms with Crippen molar-refractivity contribution < 1.29 is 26.3 Å². The van der Waals surface area contributed by atoms with Crippen molar-refractivity contribution in [1.82, 2.24) is 0 Å². The molecule has 2 rings (SSSR count). The Bertz CT molecular complexity index is 639. The molecule has 100 valence electrons. The van der Waals surface area contributed by atoms with Gasteiger partial charge in [-0.1, -0.05) is 6.07 Å². The highest BCUT2D eigenvalue weighted by molar-refractivity contribution is 14.1. The van der Waals surface area contributed by atoms with Gasteiger partial charge in [0.15, 0.2) is 23.3 Å². The summed E-state index contributed by atoms with van der Waals surface area (Å²) in [6.45, 7) is 0. The van der Waals surface area contributed by atoms with Gasteiger partial charge >= 0.3 is 0 Å². The Labute approximate surface area is 117 Å². The molecule has 0 heterocycles. The summed E-state index contributed by atoms with van der Waals surface area (Å²) in [4.78, 5) is 0. The maximum Gasteiger partial charge on any atom is 0.200 e. The number of halogens is 7. The fourth-order valence-corrected chi connectivity index (χ4v) is 1.99. The lowest BCUT2D eigenvalue weighted by Gasteiger charge is -2.09. The van der Waals surface area contributed by atoms with Crippen molar-refractivity contribution in [2.75, 3.05) is 0 Å². The van der Waals surface area contributed by atoms with Crippen LogP contribution in [-0.2, 0) is 0 Å². The van der Waals surface area contributed by atoms with E-state index in [0.29, 0.717) is 3.57 Å². The van der Waals surface area contributed by atoms with Gasteiger partial charge in [0.1, 0.15) is 5.82 Å². The second-order valence-electron chi connectivity index (χ2n) is 3.57. The van der Waals surface area contributed by atoms with Crippen LogP contribution in [0, 0.1) is 38.5 Å². The van der Waals surface area contributed by atoms with E-state index >= 15 is 0 Å². The van der Waals surface area contributed by atoms with Gasteiger partial charge in [-0.25, -0.2) is 26.3 Å². The highest BCUT2D eigenvalue weighted by Crippen LogP contribution is 2.33. The third-order valence-corrected chi connectivity index (χ3v) is 3.08. The summed E-state index contributed by atoms with van der Waals surface area (Å²) in [5.74, 6) is -11.7. The van der Waals surface area contributed by atoms with E-state index in [2.05, 4.69) is 0 Å². The van der Waals surface area contributed by atoms with Crippen molar-refractivity contribution in [3.63, 3.8) is 0 Å². The second kappa shape index (κ2) is 5.03. The van der Waals surface area contributed by atoms with Crippen LogP contribution in [0.1, 0.15) is 0 Å². The van der Waals surface area contributed by atoms with Crippen LogP contribution in [0.2, 0.25) is 0 Å². The summed E-state index contributed by atoms with van der Waals surface area (Å²) in [5.41, 5.74) is -1.96. The molecule has 0 saturated heterocycles. The van der Waals surface area contributed by atoms with E-state index in [1.807, 2.05) is 0 Å². The molecule has 0 spiro atoms. The average molecular weight is 388 g/mol. The van der Waals surface area contributed by atoms with Crippen molar-refractivity contribution in [3.05, 3.63) is 56.7 Å². The summed E-state index contributed by atoms with van der Waals surface area (Å²) in [6.07, 6.45) is 0. The van der Waals surface area contributed by atoms with Crippen LogP contribution >= 0.6 is 22.6 Å². The third kappa shape index (κ3) is 2.31. The van der Waals surface area contributed by atoms with Crippen molar-refractivity contribution in [2.24, 2.45) is 0 Å². The summed E-state index contributed by atoms with van der Waals surface area (Å²) < 4.78 is 79.8. The lowest BCUT2D eigenvalue weighted by Crippen LogP contribution is -2.05. The summed E-state index contributed by atoms with van der Waals surface area (Å²) in [6, 6.07) is 3.17. The normalized spacial score (nSPS) is 10.9. The van der Waals surface area contributed by atoms with Crippen LogP contribution in [0.25, 0.3) is 11.1 Å². The zero-order chi connectivity index (χ0) is 14.3. The maximum atomic E-state index is 13.6. The van der Waals surface area contributed by atoms with Gasteiger partial charge in [0.2, 0.25) is 5.82 Å². The first-order chi connectivity index (χ1) is 8.84. The van der Waals surface area contributed by atoms with E-state index in [4.69, 9.17) is 0 Å². The molecule has 0 aromatic heterocycles. The van der Waals surface area contributed by atoms with Gasteiger partial charge in [-0.2, -0.15) is 0 Å². The molecule has 0 radical (unpaired) electrons. The van der Waals surface area contributed by atoms with Gasteiger partial charge in [0.05, 0.1) is 5.56 Å². The van der Waals surface area contributed by atoms with Gasteiger partial charge in [-0.05, 0) is 34.7 Å². The topological polar surface area (TPSA) is 0 Å². The van der Waals surface area contributed by atoms with Crippen molar-refractivity contribution in [3.8, 4) is 11.1 Å². The molecule has 0 aliphatic carbocycles. The summed E-state index contributed by atoms with van der Waals surface area (Å²) in [7, 11) is 0. The first-order valence-electron chi connectivity index (χ1n) is 4.81. The molecule has 7 heteroatoms. The minimum atomic E-state index is -2.27. The Morgan fingerprint density at radius 3 is 1.63 bits per heavy atom. The zero-order valence-electron chi connectivity index (χ0n) is 8.88. The summed E-state index contributed by atoms with van der Waals surface area (Å²) in [5, 5.41) is 0. The second-order valence-corrected chi connectivity index (χ2v) is 4.81. The molecule has 0 N–H and O–H groups in total. The van der Waals surface area contributed by atoms with Crippen molar-refractivity contribution >= 4 is 22.6 Å². The molecule has 0 atom stereocenters. The Hall–Kier alpha value is -1.25. The fourth-order valence-electron chi connectivity index (χ4n) is 1.53. The van der Waals surface area contributed by atoms with Gasteiger partial charge < -0.3 is 0 Å². The number of hydrogen-bond acceptors (Lipinski definition) is 0. The molecule has 0 saturated carbocycles. The monoisotopic (exact) mass is 388 g/mol. The molecular weight excluding hydrogens is 385 g/mol. The lowest BCUT2D eigenvalue weighted by molar-refractivity contribution is 0.381. The van der Waals surface area contributed by atoms with E-state index in [1.165, 1.54) is 6.07 Å². The van der Waals surface area contributed by atoms with Crippen molar-refractivity contribution in [1.29, 1.82) is 0 Å².